The Morgan fingerprint density at radius 1 is 1.38 bits per heavy atom. The summed E-state index contributed by atoms with van der Waals surface area (Å²) in [6.45, 7) is 5.36. The minimum Gasteiger partial charge on any atom is -0.468 e. The van der Waals surface area contributed by atoms with E-state index in [-0.39, 0.29) is 12.0 Å². The zero-order valence-corrected chi connectivity index (χ0v) is 10.5. The molecule has 1 atom stereocenters. The first kappa shape index (κ1) is 13.4. The molecule has 1 N–H and O–H groups in total. The van der Waals surface area contributed by atoms with Crippen molar-refractivity contribution in [2.75, 3.05) is 53.9 Å². The van der Waals surface area contributed by atoms with Crippen molar-refractivity contribution in [3.8, 4) is 0 Å². The lowest BCUT2D eigenvalue weighted by Crippen LogP contribution is -2.46. The van der Waals surface area contributed by atoms with Crippen molar-refractivity contribution in [3.05, 3.63) is 0 Å². The summed E-state index contributed by atoms with van der Waals surface area (Å²) >= 11 is 0. The van der Waals surface area contributed by atoms with Gasteiger partial charge in [-0.05, 0) is 20.5 Å². The van der Waals surface area contributed by atoms with Gasteiger partial charge in [0.2, 0.25) is 0 Å². The molecule has 0 aliphatic carbocycles. The lowest BCUT2D eigenvalue weighted by Gasteiger charge is -2.32. The number of esters is 1. The summed E-state index contributed by atoms with van der Waals surface area (Å²) in [5.74, 6) is -0.170. The van der Waals surface area contributed by atoms with E-state index in [2.05, 4.69) is 22.2 Å². The molecule has 1 fully saturated rings. The van der Waals surface area contributed by atoms with Gasteiger partial charge >= 0.3 is 5.97 Å². The molecular formula is C11H23N3O2. The van der Waals surface area contributed by atoms with Gasteiger partial charge < -0.3 is 19.9 Å². The van der Waals surface area contributed by atoms with Crippen LogP contribution in [-0.2, 0) is 9.53 Å². The lowest BCUT2D eigenvalue weighted by molar-refractivity contribution is -0.143. The van der Waals surface area contributed by atoms with E-state index in [1.54, 1.807) is 7.05 Å². The van der Waals surface area contributed by atoms with Gasteiger partial charge in [-0.1, -0.05) is 0 Å². The van der Waals surface area contributed by atoms with E-state index in [9.17, 15) is 4.79 Å². The largest absolute Gasteiger partial charge is 0.468 e. The number of likely N-dealkylation sites (N-methyl/N-ethyl adjacent to an activating group) is 2. The molecule has 1 aliphatic heterocycles. The van der Waals surface area contributed by atoms with Crippen molar-refractivity contribution in [2.45, 2.75) is 12.5 Å². The molecule has 5 nitrogen and oxygen atoms in total. The number of piperazine rings is 1. The normalized spacial score (nSPS) is 20.7. The Morgan fingerprint density at radius 2 is 2.00 bits per heavy atom. The number of methoxy groups -OCH3 is 1. The molecule has 0 aromatic heterocycles. The van der Waals surface area contributed by atoms with Crippen molar-refractivity contribution >= 4 is 5.97 Å². The smallest absolute Gasteiger partial charge is 0.322 e. The number of rotatable bonds is 5. The van der Waals surface area contributed by atoms with Crippen molar-refractivity contribution < 1.29 is 9.53 Å². The highest BCUT2D eigenvalue weighted by Gasteiger charge is 2.19. The summed E-state index contributed by atoms with van der Waals surface area (Å²) in [6, 6.07) is -0.176. The number of carbonyl (C=O) groups excluding carboxylic acids is 1. The van der Waals surface area contributed by atoms with Crippen LogP contribution in [0.25, 0.3) is 0 Å². The quantitative estimate of drug-likeness (QED) is 0.637. The van der Waals surface area contributed by atoms with Crippen LogP contribution < -0.4 is 5.32 Å². The van der Waals surface area contributed by atoms with Crippen molar-refractivity contribution in [3.63, 3.8) is 0 Å². The Balaban J connectivity index is 2.24. The molecule has 1 aliphatic rings. The van der Waals surface area contributed by atoms with E-state index in [1.165, 1.54) is 7.11 Å². The molecule has 1 unspecified atom stereocenters. The van der Waals surface area contributed by atoms with Crippen molar-refractivity contribution in [1.29, 1.82) is 0 Å². The minimum atomic E-state index is -0.176. The number of carbonyl (C=O) groups is 1. The van der Waals surface area contributed by atoms with Crippen LogP contribution in [0.4, 0.5) is 0 Å². The first-order valence-corrected chi connectivity index (χ1v) is 5.83. The van der Waals surface area contributed by atoms with E-state index < -0.39 is 0 Å². The third kappa shape index (κ3) is 4.08. The maximum atomic E-state index is 11.4. The summed E-state index contributed by atoms with van der Waals surface area (Å²) < 4.78 is 4.73. The number of hydrogen-bond donors (Lipinski definition) is 1. The minimum absolute atomic E-state index is 0.170. The average Bonchev–Trinajstić information content (AvgIpc) is 2.31. The maximum absolute atomic E-state index is 11.4. The van der Waals surface area contributed by atoms with E-state index in [0.29, 0.717) is 0 Å². The van der Waals surface area contributed by atoms with Crippen LogP contribution >= 0.6 is 0 Å². The second-order valence-electron chi connectivity index (χ2n) is 4.30. The highest BCUT2D eigenvalue weighted by atomic mass is 16.5. The molecule has 0 amide bonds. The van der Waals surface area contributed by atoms with Gasteiger partial charge in [0, 0.05) is 32.7 Å². The first-order valence-electron chi connectivity index (χ1n) is 5.83. The molecule has 1 heterocycles. The van der Waals surface area contributed by atoms with Crippen LogP contribution in [0.15, 0.2) is 0 Å². The Labute approximate surface area is 97.7 Å². The van der Waals surface area contributed by atoms with E-state index in [0.717, 1.165) is 39.1 Å². The second-order valence-corrected chi connectivity index (χ2v) is 4.30. The Bertz CT molecular complexity index is 215. The predicted molar refractivity (Wildman–Crippen MR) is 63.4 cm³/mol. The average molecular weight is 229 g/mol. The molecule has 0 saturated carbocycles. The third-order valence-electron chi connectivity index (χ3n) is 3.16. The van der Waals surface area contributed by atoms with Gasteiger partial charge in [0.05, 0.1) is 7.11 Å². The number of hydrogen-bond acceptors (Lipinski definition) is 5. The number of ether oxygens (including phenoxy) is 1. The van der Waals surface area contributed by atoms with Gasteiger partial charge in [-0.15, -0.1) is 0 Å². The van der Waals surface area contributed by atoms with E-state index >= 15 is 0 Å². The molecule has 5 heteroatoms. The second kappa shape index (κ2) is 6.83. The Kier molecular flexibility index (Phi) is 5.73. The van der Waals surface area contributed by atoms with Crippen LogP contribution in [0.5, 0.6) is 0 Å². The fourth-order valence-corrected chi connectivity index (χ4v) is 1.91. The summed E-state index contributed by atoms with van der Waals surface area (Å²) in [5, 5.41) is 2.99. The molecule has 0 aromatic carbocycles. The first-order chi connectivity index (χ1) is 7.67. The molecule has 0 spiro atoms. The van der Waals surface area contributed by atoms with Crippen molar-refractivity contribution in [1.82, 2.24) is 15.1 Å². The molecule has 94 valence electrons. The van der Waals surface area contributed by atoms with Gasteiger partial charge in [0.1, 0.15) is 6.04 Å². The maximum Gasteiger partial charge on any atom is 0.322 e. The monoisotopic (exact) mass is 229 g/mol. The highest BCUT2D eigenvalue weighted by molar-refractivity contribution is 5.75. The molecule has 0 radical (unpaired) electrons. The van der Waals surface area contributed by atoms with Crippen LogP contribution in [0.3, 0.4) is 0 Å². The molecular weight excluding hydrogens is 206 g/mol. The Hall–Kier alpha value is -0.650. The summed E-state index contributed by atoms with van der Waals surface area (Å²) in [6.07, 6.45) is 0.812. The van der Waals surface area contributed by atoms with Gasteiger partial charge in [-0.3, -0.25) is 4.79 Å². The van der Waals surface area contributed by atoms with E-state index in [1.807, 2.05) is 0 Å². The highest BCUT2D eigenvalue weighted by Crippen LogP contribution is 2.02. The molecule has 0 aromatic rings. The SMILES string of the molecule is CNC(CCN1CCN(C)CC1)C(=O)OC. The van der Waals surface area contributed by atoms with Crippen molar-refractivity contribution in [2.24, 2.45) is 0 Å². The van der Waals surface area contributed by atoms with Gasteiger partial charge in [0.15, 0.2) is 0 Å². The molecule has 16 heavy (non-hydrogen) atoms. The number of nitrogens with zero attached hydrogens (tertiary/aromatic N) is 2. The zero-order chi connectivity index (χ0) is 12.0. The fraction of sp³-hybridized carbons (Fsp3) is 0.909. The van der Waals surface area contributed by atoms with Gasteiger partial charge in [-0.25, -0.2) is 0 Å². The zero-order valence-electron chi connectivity index (χ0n) is 10.5. The summed E-state index contributed by atoms with van der Waals surface area (Å²) in [5.41, 5.74) is 0. The molecule has 0 bridgehead atoms. The summed E-state index contributed by atoms with van der Waals surface area (Å²) in [7, 11) is 5.37. The van der Waals surface area contributed by atoms with Gasteiger partial charge in [-0.2, -0.15) is 0 Å². The van der Waals surface area contributed by atoms with Crippen LogP contribution in [0.1, 0.15) is 6.42 Å². The molecule has 1 rings (SSSR count). The molecule has 1 saturated heterocycles. The van der Waals surface area contributed by atoms with Crippen LogP contribution in [0.2, 0.25) is 0 Å². The fourth-order valence-electron chi connectivity index (χ4n) is 1.91. The number of nitrogens with one attached hydrogen (secondary N) is 1. The summed E-state index contributed by atoms with van der Waals surface area (Å²) in [4.78, 5) is 16.1. The topological polar surface area (TPSA) is 44.8 Å². The standard InChI is InChI=1S/C11H23N3O2/c1-12-10(11(15)16-3)4-5-14-8-6-13(2)7-9-14/h10,12H,4-9H2,1-3H3. The van der Waals surface area contributed by atoms with Crippen LogP contribution in [-0.4, -0.2) is 75.7 Å². The predicted octanol–water partition coefficient (Wildman–Crippen LogP) is -0.615. The third-order valence-corrected chi connectivity index (χ3v) is 3.16. The van der Waals surface area contributed by atoms with E-state index in [4.69, 9.17) is 4.74 Å². The Morgan fingerprint density at radius 3 is 2.50 bits per heavy atom. The van der Waals surface area contributed by atoms with Crippen LogP contribution in [0, 0.1) is 0 Å². The van der Waals surface area contributed by atoms with Gasteiger partial charge in [0.25, 0.3) is 0 Å². The lowest BCUT2D eigenvalue weighted by atomic mass is 10.2.